The fraction of sp³-hybridized carbons (Fsp3) is 0.455. The van der Waals surface area contributed by atoms with E-state index in [2.05, 4.69) is 58.5 Å². The third kappa shape index (κ3) is 4.08. The molecular weight excluding hydrogens is 356 g/mol. The van der Waals surface area contributed by atoms with Crippen molar-refractivity contribution in [3.05, 3.63) is 42.5 Å². The molecule has 2 nitrogen and oxygen atoms in total. The van der Waals surface area contributed by atoms with Gasteiger partial charge in [0.05, 0.1) is 11.4 Å². The van der Waals surface area contributed by atoms with E-state index in [0.717, 1.165) is 6.54 Å². The monoisotopic (exact) mass is 384 g/mol. The van der Waals surface area contributed by atoms with Crippen LogP contribution in [-0.4, -0.2) is 37.3 Å². The Morgan fingerprint density at radius 2 is 1.65 bits per heavy atom. The average molecular weight is 385 g/mol. The zero-order valence-corrected chi connectivity index (χ0v) is 17.2. The van der Waals surface area contributed by atoms with E-state index >= 15 is 0 Å². The highest BCUT2D eigenvalue weighted by molar-refractivity contribution is 8.00. The molecule has 0 N–H and O–H groups in total. The summed E-state index contributed by atoms with van der Waals surface area (Å²) in [5.74, 6) is 0. The number of nitrogens with zero attached hydrogens (tertiary/aromatic N) is 2. The molecule has 0 aliphatic carbocycles. The molecule has 2 aromatic rings. The second-order valence-electron chi connectivity index (χ2n) is 7.16. The first kappa shape index (κ1) is 18.3. The summed E-state index contributed by atoms with van der Waals surface area (Å²) in [6.07, 6.45) is 8.91. The summed E-state index contributed by atoms with van der Waals surface area (Å²) in [5, 5.41) is 0. The molecule has 0 bridgehead atoms. The maximum Gasteiger partial charge on any atom is 0.0564 e. The fourth-order valence-electron chi connectivity index (χ4n) is 3.97. The van der Waals surface area contributed by atoms with Crippen LogP contribution in [0.4, 0.5) is 11.4 Å². The smallest absolute Gasteiger partial charge is 0.0564 e. The highest BCUT2D eigenvalue weighted by Gasteiger charge is 2.23. The Labute approximate surface area is 166 Å². The summed E-state index contributed by atoms with van der Waals surface area (Å²) < 4.78 is 0. The van der Waals surface area contributed by atoms with Gasteiger partial charge in [0.2, 0.25) is 0 Å². The number of hydrogen-bond acceptors (Lipinski definition) is 4. The Morgan fingerprint density at radius 3 is 2.50 bits per heavy atom. The van der Waals surface area contributed by atoms with Crippen LogP contribution in [0.1, 0.15) is 32.1 Å². The van der Waals surface area contributed by atoms with Gasteiger partial charge in [-0.15, -0.1) is 11.8 Å². The number of anilines is 2. The number of fused-ring (bicyclic) bond motifs is 2. The number of hydrogen-bond donors (Lipinski definition) is 0. The number of unbranched alkanes of at least 4 members (excludes halogenated alkanes) is 1. The molecule has 0 saturated carbocycles. The predicted octanol–water partition coefficient (Wildman–Crippen LogP) is 6.28. The number of thioether (sulfide) groups is 1. The molecule has 0 spiro atoms. The lowest BCUT2D eigenvalue weighted by Crippen LogP contribution is -2.31. The van der Waals surface area contributed by atoms with Crippen LogP contribution in [0.2, 0.25) is 0 Å². The van der Waals surface area contributed by atoms with Gasteiger partial charge in [-0.1, -0.05) is 30.3 Å². The molecule has 2 heterocycles. The molecule has 1 saturated heterocycles. The summed E-state index contributed by atoms with van der Waals surface area (Å²) in [6.45, 7) is 4.99. The van der Waals surface area contributed by atoms with E-state index in [1.165, 1.54) is 77.8 Å². The van der Waals surface area contributed by atoms with Crippen LogP contribution >= 0.6 is 23.5 Å². The molecule has 0 unspecified atom stereocenters. The number of benzene rings is 2. The molecule has 138 valence electrons. The van der Waals surface area contributed by atoms with E-state index in [1.54, 1.807) is 0 Å². The van der Waals surface area contributed by atoms with Crippen LogP contribution in [0.3, 0.4) is 0 Å². The summed E-state index contributed by atoms with van der Waals surface area (Å²) in [6, 6.07) is 15.8. The Morgan fingerprint density at radius 1 is 0.885 bits per heavy atom. The van der Waals surface area contributed by atoms with Crippen LogP contribution in [0.15, 0.2) is 57.2 Å². The van der Waals surface area contributed by atoms with E-state index < -0.39 is 0 Å². The summed E-state index contributed by atoms with van der Waals surface area (Å²) in [4.78, 5) is 9.33. The molecule has 4 rings (SSSR count). The molecule has 2 aliphatic heterocycles. The van der Waals surface area contributed by atoms with Crippen LogP contribution in [-0.2, 0) is 0 Å². The molecule has 0 aromatic heterocycles. The summed E-state index contributed by atoms with van der Waals surface area (Å²) in [7, 11) is 0. The predicted molar refractivity (Wildman–Crippen MR) is 115 cm³/mol. The van der Waals surface area contributed by atoms with E-state index in [0.29, 0.717) is 0 Å². The lowest BCUT2D eigenvalue weighted by atomic mass is 10.1. The first-order chi connectivity index (χ1) is 12.8. The Hall–Kier alpha value is -1.10. The van der Waals surface area contributed by atoms with E-state index in [1.807, 2.05) is 23.5 Å². The molecule has 0 radical (unpaired) electrons. The van der Waals surface area contributed by atoms with Crippen LogP contribution in [0.5, 0.6) is 0 Å². The number of likely N-dealkylation sites (tertiary alicyclic amines) is 1. The van der Waals surface area contributed by atoms with E-state index in [4.69, 9.17) is 0 Å². The van der Waals surface area contributed by atoms with Gasteiger partial charge in [-0.3, -0.25) is 0 Å². The lowest BCUT2D eigenvalue weighted by Gasteiger charge is -2.33. The Balaban J connectivity index is 1.47. The quantitative estimate of drug-likeness (QED) is 0.427. The van der Waals surface area contributed by atoms with E-state index in [-0.39, 0.29) is 0 Å². The summed E-state index contributed by atoms with van der Waals surface area (Å²) >= 11 is 3.74. The largest absolute Gasteiger partial charge is 0.340 e. The highest BCUT2D eigenvalue weighted by atomic mass is 32.2. The van der Waals surface area contributed by atoms with Crippen molar-refractivity contribution < 1.29 is 0 Å². The Bertz CT molecular complexity index is 741. The zero-order chi connectivity index (χ0) is 17.8. The zero-order valence-electron chi connectivity index (χ0n) is 15.6. The minimum atomic E-state index is 1.11. The van der Waals surface area contributed by atoms with Crippen molar-refractivity contribution in [3.8, 4) is 0 Å². The summed E-state index contributed by atoms with van der Waals surface area (Å²) in [5.41, 5.74) is 2.76. The van der Waals surface area contributed by atoms with Gasteiger partial charge in [0, 0.05) is 21.2 Å². The van der Waals surface area contributed by atoms with Crippen molar-refractivity contribution in [1.82, 2.24) is 4.90 Å². The van der Waals surface area contributed by atoms with Crippen LogP contribution < -0.4 is 4.90 Å². The van der Waals surface area contributed by atoms with Gasteiger partial charge in [-0.25, -0.2) is 0 Å². The molecule has 0 amide bonds. The van der Waals surface area contributed by atoms with Gasteiger partial charge >= 0.3 is 0 Å². The highest BCUT2D eigenvalue weighted by Crippen LogP contribution is 2.48. The lowest BCUT2D eigenvalue weighted by molar-refractivity contribution is 0.225. The number of piperidine rings is 1. The third-order valence-corrected chi connectivity index (χ3v) is 7.24. The molecular formula is C22H28N2S2. The Kier molecular flexibility index (Phi) is 6.13. The molecule has 26 heavy (non-hydrogen) atoms. The van der Waals surface area contributed by atoms with Gasteiger partial charge in [0.15, 0.2) is 0 Å². The second-order valence-corrected chi connectivity index (χ2v) is 9.13. The van der Waals surface area contributed by atoms with Gasteiger partial charge in [0.25, 0.3) is 0 Å². The first-order valence-electron chi connectivity index (χ1n) is 9.80. The topological polar surface area (TPSA) is 6.48 Å². The minimum absolute atomic E-state index is 1.11. The maximum atomic E-state index is 2.66. The molecule has 2 aromatic carbocycles. The van der Waals surface area contributed by atoms with Crippen molar-refractivity contribution in [2.24, 2.45) is 0 Å². The average Bonchev–Trinajstić information content (AvgIpc) is 2.71. The maximum absolute atomic E-state index is 2.66. The van der Waals surface area contributed by atoms with Gasteiger partial charge in [-0.2, -0.15) is 0 Å². The third-order valence-electron chi connectivity index (χ3n) is 5.39. The fourth-order valence-corrected chi connectivity index (χ4v) is 5.48. The number of rotatable bonds is 6. The van der Waals surface area contributed by atoms with Gasteiger partial charge < -0.3 is 9.80 Å². The first-order valence-corrected chi connectivity index (χ1v) is 11.8. The molecule has 2 aliphatic rings. The van der Waals surface area contributed by atoms with Crippen molar-refractivity contribution in [1.29, 1.82) is 0 Å². The van der Waals surface area contributed by atoms with Crippen molar-refractivity contribution in [2.45, 2.75) is 46.8 Å². The van der Waals surface area contributed by atoms with Crippen LogP contribution in [0.25, 0.3) is 0 Å². The SMILES string of the molecule is CSc1ccc2c(c1)N(CCCCN1CCCCC1)c1ccccc1S2. The van der Waals surface area contributed by atoms with Crippen molar-refractivity contribution in [2.75, 3.05) is 37.3 Å². The van der Waals surface area contributed by atoms with Crippen molar-refractivity contribution in [3.63, 3.8) is 0 Å². The second kappa shape index (κ2) is 8.73. The van der Waals surface area contributed by atoms with Crippen LogP contribution in [0, 0.1) is 0 Å². The minimum Gasteiger partial charge on any atom is -0.340 e. The number of para-hydroxylation sites is 1. The van der Waals surface area contributed by atoms with Gasteiger partial charge in [0.1, 0.15) is 0 Å². The van der Waals surface area contributed by atoms with Gasteiger partial charge in [-0.05, 0) is 81.9 Å². The molecule has 0 atom stereocenters. The van der Waals surface area contributed by atoms with Crippen molar-refractivity contribution >= 4 is 34.9 Å². The normalized spacial score (nSPS) is 17.0. The molecule has 4 heteroatoms. The standard InChI is InChI=1S/C22H28N2S2/c1-25-18-11-12-22-20(17-18)24(19-9-3-4-10-21(19)26-22)16-8-7-15-23-13-5-2-6-14-23/h3-4,9-12,17H,2,5-8,13-16H2,1H3. The molecule has 1 fully saturated rings. The van der Waals surface area contributed by atoms with E-state index in [9.17, 15) is 0 Å².